The number of nitrogens with zero attached hydrogens (tertiary/aromatic N) is 2. The zero-order valence-corrected chi connectivity index (χ0v) is 11.6. The van der Waals surface area contributed by atoms with Crippen molar-refractivity contribution in [3.63, 3.8) is 0 Å². The van der Waals surface area contributed by atoms with Crippen molar-refractivity contribution in [2.45, 2.75) is 64.1 Å². The summed E-state index contributed by atoms with van der Waals surface area (Å²) in [5.41, 5.74) is 3.61. The van der Waals surface area contributed by atoms with E-state index < -0.39 is 0 Å². The number of hydrogen-bond donors (Lipinski definition) is 0. The fourth-order valence-corrected chi connectivity index (χ4v) is 3.55. The summed E-state index contributed by atoms with van der Waals surface area (Å²) < 4.78 is 0. The van der Waals surface area contributed by atoms with Crippen LogP contribution in [-0.4, -0.2) is 10.9 Å². The molecular formula is C17H22N2. The van der Waals surface area contributed by atoms with E-state index in [1.807, 2.05) is 6.07 Å². The molecule has 2 nitrogen and oxygen atoms in total. The van der Waals surface area contributed by atoms with Crippen molar-refractivity contribution in [2.75, 3.05) is 0 Å². The van der Waals surface area contributed by atoms with Crippen molar-refractivity contribution in [1.29, 1.82) is 5.26 Å². The summed E-state index contributed by atoms with van der Waals surface area (Å²) in [7, 11) is 0. The average molecular weight is 254 g/mol. The summed E-state index contributed by atoms with van der Waals surface area (Å²) in [5.74, 6) is 0. The van der Waals surface area contributed by atoms with Gasteiger partial charge in [0.05, 0.1) is 11.6 Å². The van der Waals surface area contributed by atoms with Crippen LogP contribution in [0.1, 0.15) is 61.6 Å². The summed E-state index contributed by atoms with van der Waals surface area (Å²) >= 11 is 0. The second kappa shape index (κ2) is 5.75. The summed E-state index contributed by atoms with van der Waals surface area (Å²) in [6.07, 6.45) is 9.75. The first kappa shape index (κ1) is 12.7. The van der Waals surface area contributed by atoms with Crippen LogP contribution in [0.25, 0.3) is 0 Å². The number of hydrogen-bond acceptors (Lipinski definition) is 2. The van der Waals surface area contributed by atoms with Gasteiger partial charge in [0.25, 0.3) is 0 Å². The molecule has 2 aliphatic rings. The fourth-order valence-electron chi connectivity index (χ4n) is 3.55. The highest BCUT2D eigenvalue weighted by Crippen LogP contribution is 2.30. The van der Waals surface area contributed by atoms with E-state index in [1.54, 1.807) is 0 Å². The van der Waals surface area contributed by atoms with E-state index in [0.29, 0.717) is 0 Å². The lowest BCUT2D eigenvalue weighted by Gasteiger charge is -2.29. The van der Waals surface area contributed by atoms with E-state index in [4.69, 9.17) is 5.26 Å². The summed E-state index contributed by atoms with van der Waals surface area (Å²) in [4.78, 5) is 2.64. The van der Waals surface area contributed by atoms with Crippen LogP contribution in [0.5, 0.6) is 0 Å². The van der Waals surface area contributed by atoms with Gasteiger partial charge in [0, 0.05) is 19.1 Å². The molecule has 0 aromatic heterocycles. The minimum absolute atomic E-state index is 0.762. The Morgan fingerprint density at radius 1 is 0.947 bits per heavy atom. The van der Waals surface area contributed by atoms with Crippen molar-refractivity contribution in [2.24, 2.45) is 0 Å². The minimum atomic E-state index is 0.762. The molecule has 0 unspecified atom stereocenters. The molecule has 1 aliphatic carbocycles. The summed E-state index contributed by atoms with van der Waals surface area (Å²) in [5, 5.41) is 8.99. The molecule has 2 heteroatoms. The molecule has 1 aliphatic heterocycles. The van der Waals surface area contributed by atoms with Crippen molar-refractivity contribution < 1.29 is 0 Å². The van der Waals surface area contributed by atoms with Crippen molar-refractivity contribution in [3.8, 4) is 6.07 Å². The van der Waals surface area contributed by atoms with Gasteiger partial charge in [-0.15, -0.1) is 0 Å². The van der Waals surface area contributed by atoms with E-state index in [1.165, 1.54) is 56.1 Å². The molecule has 1 fully saturated rings. The Balaban J connectivity index is 1.70. The second-order valence-corrected chi connectivity index (χ2v) is 6.00. The van der Waals surface area contributed by atoms with Crippen LogP contribution in [0.3, 0.4) is 0 Å². The third-order valence-corrected chi connectivity index (χ3v) is 4.67. The molecule has 0 spiro atoms. The van der Waals surface area contributed by atoms with Gasteiger partial charge in [0.2, 0.25) is 0 Å². The van der Waals surface area contributed by atoms with Crippen LogP contribution in [0, 0.1) is 11.3 Å². The predicted molar refractivity (Wildman–Crippen MR) is 76.5 cm³/mol. The van der Waals surface area contributed by atoms with Gasteiger partial charge < -0.3 is 0 Å². The molecule has 3 rings (SSSR count). The smallest absolute Gasteiger partial charge is 0.0991 e. The molecule has 0 saturated heterocycles. The average Bonchev–Trinajstić information content (AvgIpc) is 2.80. The minimum Gasteiger partial charge on any atom is -0.292 e. The lowest BCUT2D eigenvalue weighted by Crippen LogP contribution is -2.31. The highest BCUT2D eigenvalue weighted by Gasteiger charge is 2.26. The zero-order chi connectivity index (χ0) is 13.1. The largest absolute Gasteiger partial charge is 0.292 e. The monoisotopic (exact) mass is 254 g/mol. The molecule has 1 aromatic carbocycles. The normalized spacial score (nSPS) is 21.4. The third kappa shape index (κ3) is 2.82. The Bertz CT molecular complexity index is 479. The van der Waals surface area contributed by atoms with Crippen molar-refractivity contribution in [3.05, 3.63) is 34.9 Å². The van der Waals surface area contributed by atoms with Crippen LogP contribution in [-0.2, 0) is 13.1 Å². The Kier molecular flexibility index (Phi) is 3.84. The topological polar surface area (TPSA) is 27.0 Å². The van der Waals surface area contributed by atoms with Crippen molar-refractivity contribution in [1.82, 2.24) is 4.90 Å². The maximum absolute atomic E-state index is 8.99. The number of benzene rings is 1. The van der Waals surface area contributed by atoms with Crippen LogP contribution in [0.4, 0.5) is 0 Å². The van der Waals surface area contributed by atoms with Gasteiger partial charge in [0.1, 0.15) is 0 Å². The van der Waals surface area contributed by atoms with Gasteiger partial charge in [-0.25, -0.2) is 0 Å². The van der Waals surface area contributed by atoms with Crippen molar-refractivity contribution >= 4 is 0 Å². The van der Waals surface area contributed by atoms with Gasteiger partial charge in [-0.1, -0.05) is 38.2 Å². The molecule has 0 amide bonds. The standard InChI is InChI=1S/C17H22N2/c18-11-14-8-9-15-12-19(13-16(15)10-14)17-6-4-2-1-3-5-7-17/h8-10,17H,1-7,12-13H2. The van der Waals surface area contributed by atoms with E-state index in [0.717, 1.165) is 24.7 Å². The lowest BCUT2D eigenvalue weighted by molar-refractivity contribution is 0.166. The molecule has 0 bridgehead atoms. The first-order valence-corrected chi connectivity index (χ1v) is 7.63. The SMILES string of the molecule is N#Cc1ccc2c(c1)CN(C1CCCCCCC1)C2. The number of fused-ring (bicyclic) bond motifs is 1. The Hall–Kier alpha value is -1.33. The zero-order valence-electron chi connectivity index (χ0n) is 11.6. The number of nitriles is 1. The second-order valence-electron chi connectivity index (χ2n) is 6.00. The van der Waals surface area contributed by atoms with E-state index in [9.17, 15) is 0 Å². The predicted octanol–water partition coefficient (Wildman–Crippen LogP) is 3.99. The highest BCUT2D eigenvalue weighted by atomic mass is 15.2. The first-order valence-electron chi connectivity index (χ1n) is 7.63. The lowest BCUT2D eigenvalue weighted by atomic mass is 9.96. The molecule has 0 atom stereocenters. The molecule has 19 heavy (non-hydrogen) atoms. The molecule has 1 aromatic rings. The van der Waals surface area contributed by atoms with Gasteiger partial charge in [-0.05, 0) is 36.1 Å². The summed E-state index contributed by atoms with van der Waals surface area (Å²) in [6, 6.07) is 9.20. The van der Waals surface area contributed by atoms with E-state index in [2.05, 4.69) is 23.1 Å². The molecular weight excluding hydrogens is 232 g/mol. The van der Waals surface area contributed by atoms with Crippen LogP contribution >= 0.6 is 0 Å². The Morgan fingerprint density at radius 3 is 2.37 bits per heavy atom. The molecule has 100 valence electrons. The Labute approximate surface area is 116 Å². The Morgan fingerprint density at radius 2 is 1.63 bits per heavy atom. The third-order valence-electron chi connectivity index (χ3n) is 4.67. The number of rotatable bonds is 1. The molecule has 0 radical (unpaired) electrons. The van der Waals surface area contributed by atoms with Crippen LogP contribution < -0.4 is 0 Å². The van der Waals surface area contributed by atoms with E-state index >= 15 is 0 Å². The summed E-state index contributed by atoms with van der Waals surface area (Å²) in [6.45, 7) is 2.14. The molecule has 1 heterocycles. The van der Waals surface area contributed by atoms with Crippen LogP contribution in [0.2, 0.25) is 0 Å². The quantitative estimate of drug-likeness (QED) is 0.757. The maximum Gasteiger partial charge on any atom is 0.0991 e. The first-order chi connectivity index (χ1) is 9.36. The molecule has 1 saturated carbocycles. The molecule has 0 N–H and O–H groups in total. The van der Waals surface area contributed by atoms with Gasteiger partial charge >= 0.3 is 0 Å². The van der Waals surface area contributed by atoms with Gasteiger partial charge in [-0.3, -0.25) is 4.90 Å². The highest BCUT2D eigenvalue weighted by molar-refractivity contribution is 5.40. The van der Waals surface area contributed by atoms with Gasteiger partial charge in [-0.2, -0.15) is 5.26 Å². The van der Waals surface area contributed by atoms with E-state index in [-0.39, 0.29) is 0 Å². The van der Waals surface area contributed by atoms with Crippen LogP contribution in [0.15, 0.2) is 18.2 Å². The maximum atomic E-state index is 8.99. The van der Waals surface area contributed by atoms with Gasteiger partial charge in [0.15, 0.2) is 0 Å². The fraction of sp³-hybridized carbons (Fsp3) is 0.588.